The summed E-state index contributed by atoms with van der Waals surface area (Å²) in [6.07, 6.45) is 5.84. The number of rotatable bonds is 3. The number of aryl methyl sites for hydroxylation is 2. The first-order valence-electron chi connectivity index (χ1n) is 8.18. The van der Waals surface area contributed by atoms with Gasteiger partial charge in [-0.2, -0.15) is 0 Å². The van der Waals surface area contributed by atoms with E-state index in [0.717, 1.165) is 23.7 Å². The van der Waals surface area contributed by atoms with Crippen molar-refractivity contribution in [3.63, 3.8) is 0 Å². The van der Waals surface area contributed by atoms with Crippen LogP contribution >= 0.6 is 0 Å². The molecule has 0 saturated carbocycles. The number of amides is 2. The maximum atomic E-state index is 12.3. The molecule has 0 radical (unpaired) electrons. The summed E-state index contributed by atoms with van der Waals surface area (Å²) in [6.45, 7) is 0.0229. The Labute approximate surface area is 136 Å². The van der Waals surface area contributed by atoms with Gasteiger partial charge >= 0.3 is 0 Å². The number of H-pyrrole nitrogens is 1. The molecule has 1 aromatic carbocycles. The smallest absolute Gasteiger partial charge is 0.251 e. The third-order valence-corrected chi connectivity index (χ3v) is 4.51. The van der Waals surface area contributed by atoms with Crippen LogP contribution in [-0.4, -0.2) is 42.3 Å². The topological polar surface area (TPSA) is 65.2 Å². The minimum atomic E-state index is -0.203. The predicted octanol–water partition coefficient (Wildman–Crippen LogP) is 2.25. The van der Waals surface area contributed by atoms with Crippen LogP contribution in [0.1, 0.15) is 40.9 Å². The average molecular weight is 313 g/mol. The van der Waals surface area contributed by atoms with Crippen LogP contribution in [-0.2, 0) is 17.6 Å². The summed E-state index contributed by atoms with van der Waals surface area (Å²) in [5, 5.41) is 3.84. The number of nitrogens with one attached hydrogen (secondary N) is 2. The van der Waals surface area contributed by atoms with Crippen LogP contribution in [0.5, 0.6) is 0 Å². The number of fused-ring (bicyclic) bond motifs is 3. The first kappa shape index (κ1) is 15.6. The number of hydrogen-bond acceptors (Lipinski definition) is 2. The zero-order valence-electron chi connectivity index (χ0n) is 13.7. The molecule has 2 N–H and O–H groups in total. The summed E-state index contributed by atoms with van der Waals surface area (Å²) in [6, 6.07) is 5.73. The van der Waals surface area contributed by atoms with Gasteiger partial charge in [-0.25, -0.2) is 0 Å². The third kappa shape index (κ3) is 3.23. The van der Waals surface area contributed by atoms with Gasteiger partial charge in [-0.1, -0.05) is 6.42 Å². The second-order valence-electron chi connectivity index (χ2n) is 6.37. The number of benzene rings is 1. The van der Waals surface area contributed by atoms with Gasteiger partial charge in [-0.3, -0.25) is 9.59 Å². The molecule has 23 heavy (non-hydrogen) atoms. The Hall–Kier alpha value is -2.30. The van der Waals surface area contributed by atoms with Crippen molar-refractivity contribution in [1.82, 2.24) is 15.2 Å². The van der Waals surface area contributed by atoms with E-state index < -0.39 is 0 Å². The van der Waals surface area contributed by atoms with E-state index in [0.29, 0.717) is 5.56 Å². The van der Waals surface area contributed by atoms with Gasteiger partial charge in [-0.15, -0.1) is 0 Å². The molecule has 0 saturated heterocycles. The van der Waals surface area contributed by atoms with Gasteiger partial charge in [0.25, 0.3) is 5.91 Å². The van der Waals surface area contributed by atoms with Crippen molar-refractivity contribution in [2.24, 2.45) is 0 Å². The van der Waals surface area contributed by atoms with E-state index in [1.807, 2.05) is 18.2 Å². The number of aromatic nitrogens is 1. The van der Waals surface area contributed by atoms with Crippen LogP contribution < -0.4 is 5.32 Å². The van der Waals surface area contributed by atoms with Crippen LogP contribution in [0.4, 0.5) is 0 Å². The number of carbonyl (C=O) groups excluding carboxylic acids is 2. The highest BCUT2D eigenvalue weighted by Gasteiger charge is 2.16. The van der Waals surface area contributed by atoms with E-state index in [1.54, 1.807) is 14.1 Å². The fourth-order valence-corrected chi connectivity index (χ4v) is 3.14. The molecule has 1 aromatic heterocycles. The molecule has 0 atom stereocenters. The van der Waals surface area contributed by atoms with Crippen molar-refractivity contribution in [2.45, 2.75) is 32.1 Å². The summed E-state index contributed by atoms with van der Waals surface area (Å²) in [4.78, 5) is 28.8. The zero-order chi connectivity index (χ0) is 16.4. The number of aromatic amines is 1. The van der Waals surface area contributed by atoms with Crippen LogP contribution in [0.15, 0.2) is 18.2 Å². The highest BCUT2D eigenvalue weighted by molar-refractivity contribution is 6.00. The van der Waals surface area contributed by atoms with Crippen molar-refractivity contribution in [3.05, 3.63) is 35.0 Å². The van der Waals surface area contributed by atoms with Crippen LogP contribution in [0.25, 0.3) is 10.9 Å². The first-order valence-corrected chi connectivity index (χ1v) is 8.18. The lowest BCUT2D eigenvalue weighted by molar-refractivity contribution is -0.127. The number of hydrogen-bond donors (Lipinski definition) is 2. The highest BCUT2D eigenvalue weighted by Crippen LogP contribution is 2.29. The number of likely N-dealkylation sites (N-methyl/N-ethyl adjacent to an activating group) is 1. The predicted molar refractivity (Wildman–Crippen MR) is 90.6 cm³/mol. The summed E-state index contributed by atoms with van der Waals surface area (Å²) >= 11 is 0. The number of nitrogens with zero attached hydrogens (tertiary/aromatic N) is 1. The zero-order valence-corrected chi connectivity index (χ0v) is 13.7. The Morgan fingerprint density at radius 3 is 2.74 bits per heavy atom. The van der Waals surface area contributed by atoms with Crippen LogP contribution in [0.3, 0.4) is 0 Å². The van der Waals surface area contributed by atoms with Crippen molar-refractivity contribution in [2.75, 3.05) is 20.6 Å². The summed E-state index contributed by atoms with van der Waals surface area (Å²) in [7, 11) is 3.35. The molecule has 5 nitrogen and oxygen atoms in total. The molecule has 1 aliphatic rings. The molecule has 0 fully saturated rings. The van der Waals surface area contributed by atoms with Gasteiger partial charge in [0.05, 0.1) is 6.54 Å². The molecule has 2 aromatic rings. The Kier molecular flexibility index (Phi) is 4.37. The standard InChI is InChI=1S/C18H23N3O2/c1-21(2)17(22)11-19-18(23)12-8-9-16-14(10-12)13-6-4-3-5-7-15(13)20-16/h8-10,20H,3-7,11H2,1-2H3,(H,19,23). The molecule has 3 rings (SSSR count). The van der Waals surface area contributed by atoms with E-state index in [1.165, 1.54) is 35.4 Å². The minimum absolute atomic E-state index is 0.0229. The SMILES string of the molecule is CN(C)C(=O)CNC(=O)c1ccc2[nH]c3c(c2c1)CCCCC3. The van der Waals surface area contributed by atoms with E-state index in [4.69, 9.17) is 0 Å². The Balaban J connectivity index is 1.83. The maximum absolute atomic E-state index is 12.3. The lowest BCUT2D eigenvalue weighted by Gasteiger charge is -2.11. The molecule has 0 aliphatic heterocycles. The van der Waals surface area contributed by atoms with Crippen molar-refractivity contribution in [3.8, 4) is 0 Å². The van der Waals surface area contributed by atoms with Gasteiger partial charge in [0.15, 0.2) is 0 Å². The van der Waals surface area contributed by atoms with Gasteiger partial charge < -0.3 is 15.2 Å². The second-order valence-corrected chi connectivity index (χ2v) is 6.37. The lowest BCUT2D eigenvalue weighted by atomic mass is 10.0. The molecule has 2 amide bonds. The maximum Gasteiger partial charge on any atom is 0.251 e. The van der Waals surface area contributed by atoms with Crippen molar-refractivity contribution in [1.29, 1.82) is 0 Å². The van der Waals surface area contributed by atoms with Crippen molar-refractivity contribution < 1.29 is 9.59 Å². The fourth-order valence-electron chi connectivity index (χ4n) is 3.14. The highest BCUT2D eigenvalue weighted by atomic mass is 16.2. The van der Waals surface area contributed by atoms with E-state index in [9.17, 15) is 9.59 Å². The monoisotopic (exact) mass is 313 g/mol. The Morgan fingerprint density at radius 2 is 1.96 bits per heavy atom. The van der Waals surface area contributed by atoms with E-state index in [2.05, 4.69) is 10.3 Å². The number of carbonyl (C=O) groups is 2. The van der Waals surface area contributed by atoms with Gasteiger partial charge in [0, 0.05) is 36.3 Å². The molecule has 0 spiro atoms. The summed E-state index contributed by atoms with van der Waals surface area (Å²) < 4.78 is 0. The van der Waals surface area contributed by atoms with Crippen LogP contribution in [0.2, 0.25) is 0 Å². The molecule has 1 aliphatic carbocycles. The second kappa shape index (κ2) is 6.44. The third-order valence-electron chi connectivity index (χ3n) is 4.51. The molecule has 122 valence electrons. The Bertz CT molecular complexity index is 746. The Morgan fingerprint density at radius 1 is 1.17 bits per heavy atom. The molecular weight excluding hydrogens is 290 g/mol. The van der Waals surface area contributed by atoms with E-state index in [-0.39, 0.29) is 18.4 Å². The molecular formula is C18H23N3O2. The van der Waals surface area contributed by atoms with Gasteiger partial charge in [0.1, 0.15) is 0 Å². The minimum Gasteiger partial charge on any atom is -0.358 e. The fraction of sp³-hybridized carbons (Fsp3) is 0.444. The average Bonchev–Trinajstić information content (AvgIpc) is 2.72. The first-order chi connectivity index (χ1) is 11.1. The van der Waals surface area contributed by atoms with Gasteiger partial charge in [-0.05, 0) is 49.4 Å². The molecule has 0 bridgehead atoms. The normalized spacial score (nSPS) is 14.2. The van der Waals surface area contributed by atoms with Crippen molar-refractivity contribution >= 4 is 22.7 Å². The lowest BCUT2D eigenvalue weighted by Crippen LogP contribution is -2.36. The molecule has 0 unspecified atom stereocenters. The van der Waals surface area contributed by atoms with Crippen LogP contribution in [0, 0.1) is 0 Å². The molecule has 5 heteroatoms. The largest absolute Gasteiger partial charge is 0.358 e. The van der Waals surface area contributed by atoms with Gasteiger partial charge in [0.2, 0.25) is 5.91 Å². The summed E-state index contributed by atoms with van der Waals surface area (Å²) in [5.41, 5.74) is 4.38. The quantitative estimate of drug-likeness (QED) is 0.854. The molecule has 1 heterocycles. The van der Waals surface area contributed by atoms with E-state index >= 15 is 0 Å². The summed E-state index contributed by atoms with van der Waals surface area (Å²) in [5.74, 6) is -0.319.